The highest BCUT2D eigenvalue weighted by Crippen LogP contribution is 2.30. The Morgan fingerprint density at radius 2 is 0.753 bits per heavy atom. The first kappa shape index (κ1) is 82.8. The number of amides is 1. The molecule has 12 unspecified atom stereocenters. The maximum Gasteiger partial charge on any atom is 0.220 e. The van der Waals surface area contributed by atoms with Crippen LogP contribution in [0, 0.1) is 0 Å². The standard InChI is InChI=1S/C75H137NO13/c1-3-5-7-9-11-13-15-17-19-21-22-23-24-25-26-27-28-29-30-31-32-33-34-35-36-37-38-39-40-41-42-43-45-47-49-51-53-55-57-59-67(80)76-63(64(79)58-56-54-52-50-48-46-44-20-18-16-14-12-10-8-6-4-2)62-86-74-72(85)70(83)73(66(61-78)88-74)89-75-71(84)69(82)68(81)65(60-77)87-75/h15,17-18,20-22,48,50,56,58,63-66,68-75,77-79,81-85H,3-14,16,19,23-47,49,51-55,57,59-62H2,1-2H3,(H,76,80)/b17-15-,20-18+,22-21-,50-48+,58-56+. The molecule has 2 saturated heterocycles. The maximum absolute atomic E-state index is 13.3. The van der Waals surface area contributed by atoms with Crippen LogP contribution in [0.15, 0.2) is 60.8 Å². The van der Waals surface area contributed by atoms with Crippen LogP contribution in [0.25, 0.3) is 0 Å². The van der Waals surface area contributed by atoms with Gasteiger partial charge in [-0.15, -0.1) is 0 Å². The molecule has 0 spiro atoms. The molecule has 0 bridgehead atoms. The summed E-state index contributed by atoms with van der Waals surface area (Å²) in [5.41, 5.74) is 0. The highest BCUT2D eigenvalue weighted by atomic mass is 16.7. The lowest BCUT2D eigenvalue weighted by Gasteiger charge is -2.46. The Kier molecular flexibility index (Phi) is 55.3. The van der Waals surface area contributed by atoms with Gasteiger partial charge in [0, 0.05) is 6.42 Å². The number of aliphatic hydroxyl groups is 8. The Bertz CT molecular complexity index is 1720. The summed E-state index contributed by atoms with van der Waals surface area (Å²) < 4.78 is 22.8. The molecule has 9 N–H and O–H groups in total. The van der Waals surface area contributed by atoms with Crippen LogP contribution in [-0.2, 0) is 23.7 Å². The minimum Gasteiger partial charge on any atom is -0.394 e. The number of carbonyl (C=O) groups excluding carboxylic acids is 1. The number of allylic oxidation sites excluding steroid dienone is 9. The summed E-state index contributed by atoms with van der Waals surface area (Å²) in [6, 6.07) is -0.938. The van der Waals surface area contributed by atoms with Crippen molar-refractivity contribution in [3.8, 4) is 0 Å². The largest absolute Gasteiger partial charge is 0.394 e. The van der Waals surface area contributed by atoms with Gasteiger partial charge in [-0.25, -0.2) is 0 Å². The molecule has 14 nitrogen and oxygen atoms in total. The third-order valence-electron chi connectivity index (χ3n) is 17.9. The van der Waals surface area contributed by atoms with Crippen LogP contribution < -0.4 is 5.32 Å². The number of ether oxygens (including phenoxy) is 4. The lowest BCUT2D eigenvalue weighted by Crippen LogP contribution is -2.65. The van der Waals surface area contributed by atoms with Gasteiger partial charge in [0.05, 0.1) is 32.0 Å². The lowest BCUT2D eigenvalue weighted by molar-refractivity contribution is -0.359. The van der Waals surface area contributed by atoms with Gasteiger partial charge in [0.2, 0.25) is 5.91 Å². The second kappa shape index (κ2) is 59.4. The van der Waals surface area contributed by atoms with Crippen LogP contribution >= 0.6 is 0 Å². The van der Waals surface area contributed by atoms with Gasteiger partial charge in [-0.05, 0) is 77.0 Å². The molecule has 89 heavy (non-hydrogen) atoms. The molecule has 2 heterocycles. The summed E-state index contributed by atoms with van der Waals surface area (Å²) in [6.07, 6.45) is 63.1. The first-order valence-corrected chi connectivity index (χ1v) is 37.0. The Labute approximate surface area is 543 Å². The van der Waals surface area contributed by atoms with Crippen molar-refractivity contribution in [1.29, 1.82) is 0 Å². The highest BCUT2D eigenvalue weighted by molar-refractivity contribution is 5.76. The first-order chi connectivity index (χ1) is 43.6. The Balaban J connectivity index is 1.57. The van der Waals surface area contributed by atoms with E-state index in [-0.39, 0.29) is 18.9 Å². The van der Waals surface area contributed by atoms with E-state index in [1.54, 1.807) is 6.08 Å². The molecule has 0 aromatic heterocycles. The van der Waals surface area contributed by atoms with Gasteiger partial charge in [0.15, 0.2) is 12.6 Å². The molecular weight excluding hydrogens is 1120 g/mol. The third kappa shape index (κ3) is 43.3. The summed E-state index contributed by atoms with van der Waals surface area (Å²) in [7, 11) is 0. The molecule has 0 saturated carbocycles. The average molecular weight is 1260 g/mol. The summed E-state index contributed by atoms with van der Waals surface area (Å²) in [4.78, 5) is 13.3. The minimum atomic E-state index is -1.79. The Morgan fingerprint density at radius 3 is 1.17 bits per heavy atom. The van der Waals surface area contributed by atoms with E-state index in [0.717, 1.165) is 51.4 Å². The number of carbonyl (C=O) groups is 1. The predicted molar refractivity (Wildman–Crippen MR) is 364 cm³/mol. The van der Waals surface area contributed by atoms with Crippen molar-refractivity contribution < 1.29 is 64.6 Å². The van der Waals surface area contributed by atoms with Crippen molar-refractivity contribution in [2.45, 2.75) is 389 Å². The second-order valence-corrected chi connectivity index (χ2v) is 26.1. The van der Waals surface area contributed by atoms with Crippen molar-refractivity contribution in [3.63, 3.8) is 0 Å². The molecule has 0 aromatic rings. The fourth-order valence-electron chi connectivity index (χ4n) is 12.0. The molecule has 520 valence electrons. The van der Waals surface area contributed by atoms with Crippen LogP contribution in [0.5, 0.6) is 0 Å². The third-order valence-corrected chi connectivity index (χ3v) is 17.9. The molecule has 2 aliphatic rings. The molecule has 12 atom stereocenters. The monoisotopic (exact) mass is 1260 g/mol. The number of aliphatic hydroxyl groups excluding tert-OH is 8. The maximum atomic E-state index is 13.3. The molecular formula is C75H137NO13. The number of rotatable bonds is 61. The quantitative estimate of drug-likeness (QED) is 0.0204. The molecule has 0 aromatic carbocycles. The second-order valence-electron chi connectivity index (χ2n) is 26.1. The van der Waals surface area contributed by atoms with Gasteiger partial charge in [-0.1, -0.05) is 293 Å². The van der Waals surface area contributed by atoms with Gasteiger partial charge >= 0.3 is 0 Å². The lowest BCUT2D eigenvalue weighted by atomic mass is 9.97. The van der Waals surface area contributed by atoms with Crippen LogP contribution in [0.3, 0.4) is 0 Å². The normalized spacial score (nSPS) is 23.3. The Morgan fingerprint density at radius 1 is 0.404 bits per heavy atom. The number of hydrogen-bond donors (Lipinski definition) is 9. The molecule has 14 heteroatoms. The van der Waals surface area contributed by atoms with Crippen LogP contribution in [0.4, 0.5) is 0 Å². The topological polar surface area (TPSA) is 228 Å². The SMILES string of the molecule is CCCCCCC/C=C\C/C=C\CCCCCCCCCCCCCCCCCCCCCCCCCCCCCC(=O)NC(COC1OC(CO)C(OC2OC(CO)C(O)C(O)C2O)C(O)C1O)C(O)/C=C/CC/C=C/CC/C=C/CCCCCCCC. The fraction of sp³-hybridized carbons (Fsp3) is 0.853. The fourth-order valence-corrected chi connectivity index (χ4v) is 12.0. The molecule has 2 rings (SSSR count). The van der Waals surface area contributed by atoms with Crippen molar-refractivity contribution >= 4 is 5.91 Å². The molecule has 1 amide bonds. The van der Waals surface area contributed by atoms with Crippen molar-refractivity contribution in [2.75, 3.05) is 19.8 Å². The van der Waals surface area contributed by atoms with E-state index < -0.39 is 86.8 Å². The van der Waals surface area contributed by atoms with Gasteiger partial charge < -0.3 is 65.1 Å². The summed E-state index contributed by atoms with van der Waals surface area (Å²) in [6.45, 7) is 2.78. The zero-order chi connectivity index (χ0) is 64.5. The molecule has 0 aliphatic carbocycles. The first-order valence-electron chi connectivity index (χ1n) is 37.0. The average Bonchev–Trinajstić information content (AvgIpc) is 2.55. The number of nitrogens with one attached hydrogen (secondary N) is 1. The smallest absolute Gasteiger partial charge is 0.220 e. The molecule has 2 aliphatic heterocycles. The zero-order valence-electron chi connectivity index (χ0n) is 56.7. The summed E-state index contributed by atoms with van der Waals surface area (Å²) >= 11 is 0. The van der Waals surface area contributed by atoms with Crippen LogP contribution in [0.1, 0.15) is 316 Å². The van der Waals surface area contributed by atoms with Gasteiger partial charge in [-0.2, -0.15) is 0 Å². The summed E-state index contributed by atoms with van der Waals surface area (Å²) in [5, 5.41) is 87.3. The van der Waals surface area contributed by atoms with Crippen molar-refractivity contribution in [2.24, 2.45) is 0 Å². The van der Waals surface area contributed by atoms with E-state index in [2.05, 4.69) is 67.8 Å². The van der Waals surface area contributed by atoms with E-state index in [1.807, 2.05) is 6.08 Å². The minimum absolute atomic E-state index is 0.249. The van der Waals surface area contributed by atoms with Gasteiger partial charge in [0.1, 0.15) is 48.8 Å². The molecule has 2 fully saturated rings. The van der Waals surface area contributed by atoms with Gasteiger partial charge in [0.25, 0.3) is 0 Å². The Hall–Kier alpha value is -2.31. The number of unbranched alkanes of at least 4 members (excludes halogenated alkanes) is 40. The van der Waals surface area contributed by atoms with E-state index in [0.29, 0.717) is 12.8 Å². The van der Waals surface area contributed by atoms with Crippen molar-refractivity contribution in [3.05, 3.63) is 60.8 Å². The van der Waals surface area contributed by atoms with Gasteiger partial charge in [-0.3, -0.25) is 4.79 Å². The molecule has 0 radical (unpaired) electrons. The van der Waals surface area contributed by atoms with E-state index in [9.17, 15) is 45.6 Å². The van der Waals surface area contributed by atoms with E-state index in [1.165, 1.54) is 231 Å². The number of hydrogen-bond acceptors (Lipinski definition) is 13. The highest BCUT2D eigenvalue weighted by Gasteiger charge is 2.51. The summed E-state index contributed by atoms with van der Waals surface area (Å²) in [5.74, 6) is -0.249. The van der Waals surface area contributed by atoms with Crippen LogP contribution in [0.2, 0.25) is 0 Å². The van der Waals surface area contributed by atoms with Crippen LogP contribution in [-0.4, -0.2) is 140 Å². The predicted octanol–water partition coefficient (Wildman–Crippen LogP) is 15.6. The zero-order valence-corrected chi connectivity index (χ0v) is 56.7. The van der Waals surface area contributed by atoms with E-state index in [4.69, 9.17) is 18.9 Å². The van der Waals surface area contributed by atoms with Crippen molar-refractivity contribution in [1.82, 2.24) is 5.32 Å². The van der Waals surface area contributed by atoms with E-state index >= 15 is 0 Å².